The second kappa shape index (κ2) is 3.66. The molecule has 16 heavy (non-hydrogen) atoms. The normalized spacial score (nSPS) is 12.3. The molecule has 0 aliphatic carbocycles. The van der Waals surface area contributed by atoms with Gasteiger partial charge in [0.1, 0.15) is 11.4 Å². The molecule has 0 radical (unpaired) electrons. The van der Waals surface area contributed by atoms with E-state index in [4.69, 9.17) is 5.26 Å². The second-order valence-corrected chi connectivity index (χ2v) is 2.73. The Morgan fingerprint density at radius 2 is 1.31 bits per heavy atom. The average molecular weight is 240 g/mol. The van der Waals surface area contributed by atoms with E-state index in [2.05, 4.69) is 4.98 Å². The zero-order chi connectivity index (χ0) is 12.6. The summed E-state index contributed by atoms with van der Waals surface area (Å²) in [6.07, 6.45) is -10.0. The van der Waals surface area contributed by atoms with E-state index in [0.29, 0.717) is 0 Å². The zero-order valence-corrected chi connectivity index (χ0v) is 7.32. The first-order valence-electron chi connectivity index (χ1n) is 3.71. The molecule has 86 valence electrons. The molecule has 0 spiro atoms. The van der Waals surface area contributed by atoms with Gasteiger partial charge in [-0.1, -0.05) is 0 Å². The second-order valence-electron chi connectivity index (χ2n) is 2.73. The molecule has 0 aliphatic heterocycles. The number of rotatable bonds is 0. The number of alkyl halides is 6. The molecule has 1 rings (SSSR count). The van der Waals surface area contributed by atoms with Crippen LogP contribution in [0.25, 0.3) is 0 Å². The number of halogens is 6. The molecular weight excluding hydrogens is 238 g/mol. The first-order chi connectivity index (χ1) is 7.14. The lowest BCUT2D eigenvalue weighted by Gasteiger charge is -2.10. The molecule has 0 unspecified atom stereocenters. The third-order valence-electron chi connectivity index (χ3n) is 1.54. The van der Waals surface area contributed by atoms with Crippen molar-refractivity contribution in [3.63, 3.8) is 0 Å². The molecule has 1 heterocycles. The van der Waals surface area contributed by atoms with Crippen LogP contribution in [0.5, 0.6) is 0 Å². The van der Waals surface area contributed by atoms with Crippen LogP contribution in [0, 0.1) is 11.3 Å². The number of aromatic nitrogens is 1. The molecule has 0 bridgehead atoms. The molecule has 0 aliphatic rings. The molecule has 1 aromatic rings. The highest BCUT2D eigenvalue weighted by atomic mass is 19.4. The van der Waals surface area contributed by atoms with Crippen LogP contribution in [0.3, 0.4) is 0 Å². The highest BCUT2D eigenvalue weighted by molar-refractivity contribution is 5.33. The summed E-state index contributed by atoms with van der Waals surface area (Å²) in [6.45, 7) is 0. The first kappa shape index (κ1) is 12.3. The Hall–Kier alpha value is -1.78. The van der Waals surface area contributed by atoms with Crippen molar-refractivity contribution in [2.24, 2.45) is 0 Å². The standard InChI is InChI=1S/C8H2F6N2/c9-7(10,11)5-1-4(3-15)2-6(16-5)8(12,13)14/h1-2H. The summed E-state index contributed by atoms with van der Waals surface area (Å²) in [6, 6.07) is 1.73. The van der Waals surface area contributed by atoms with Gasteiger partial charge in [-0.2, -0.15) is 31.6 Å². The van der Waals surface area contributed by atoms with Gasteiger partial charge in [0.05, 0.1) is 11.6 Å². The fraction of sp³-hybridized carbons (Fsp3) is 0.250. The Bertz CT molecular complexity index is 407. The molecule has 2 nitrogen and oxygen atoms in total. The highest BCUT2D eigenvalue weighted by Crippen LogP contribution is 2.33. The monoisotopic (exact) mass is 240 g/mol. The Morgan fingerprint density at radius 1 is 0.938 bits per heavy atom. The quantitative estimate of drug-likeness (QED) is 0.653. The fourth-order valence-electron chi connectivity index (χ4n) is 0.886. The van der Waals surface area contributed by atoms with E-state index in [1.54, 1.807) is 0 Å². The van der Waals surface area contributed by atoms with Gasteiger partial charge in [0.2, 0.25) is 0 Å². The van der Waals surface area contributed by atoms with Crippen molar-refractivity contribution in [3.05, 3.63) is 29.1 Å². The average Bonchev–Trinajstić information content (AvgIpc) is 2.14. The molecule has 0 N–H and O–H groups in total. The van der Waals surface area contributed by atoms with E-state index in [-0.39, 0.29) is 12.1 Å². The Balaban J connectivity index is 3.41. The largest absolute Gasteiger partial charge is 0.433 e. The smallest absolute Gasteiger partial charge is 0.239 e. The molecular formula is C8H2F6N2. The summed E-state index contributed by atoms with van der Waals surface area (Å²) in [4.78, 5) is 2.42. The minimum atomic E-state index is -5.02. The predicted octanol–water partition coefficient (Wildman–Crippen LogP) is 2.99. The summed E-state index contributed by atoms with van der Waals surface area (Å²) in [5.74, 6) is 0. The summed E-state index contributed by atoms with van der Waals surface area (Å²) in [5, 5.41) is 8.31. The van der Waals surface area contributed by atoms with Crippen LogP contribution in [-0.4, -0.2) is 4.98 Å². The topological polar surface area (TPSA) is 36.7 Å². The van der Waals surface area contributed by atoms with Crippen molar-refractivity contribution >= 4 is 0 Å². The van der Waals surface area contributed by atoms with Crippen molar-refractivity contribution in [2.45, 2.75) is 12.4 Å². The lowest BCUT2D eigenvalue weighted by atomic mass is 10.2. The van der Waals surface area contributed by atoms with Gasteiger partial charge < -0.3 is 0 Å². The lowest BCUT2D eigenvalue weighted by molar-refractivity contribution is -0.150. The maximum atomic E-state index is 12.1. The van der Waals surface area contributed by atoms with Crippen LogP contribution < -0.4 is 0 Å². The summed E-state index contributed by atoms with van der Waals surface area (Å²) >= 11 is 0. The molecule has 0 amide bonds. The molecule has 0 saturated carbocycles. The van der Waals surface area contributed by atoms with Crippen LogP contribution in [0.4, 0.5) is 26.3 Å². The van der Waals surface area contributed by atoms with Crippen molar-refractivity contribution in [1.82, 2.24) is 4.98 Å². The van der Waals surface area contributed by atoms with E-state index in [0.717, 1.165) is 0 Å². The van der Waals surface area contributed by atoms with E-state index in [9.17, 15) is 26.3 Å². The summed E-state index contributed by atoms with van der Waals surface area (Å²) in [5.41, 5.74) is -4.22. The van der Waals surface area contributed by atoms with E-state index >= 15 is 0 Å². The molecule has 0 fully saturated rings. The van der Waals surface area contributed by atoms with Crippen LogP contribution in [0.15, 0.2) is 12.1 Å². The van der Waals surface area contributed by atoms with Crippen LogP contribution in [0.1, 0.15) is 17.0 Å². The van der Waals surface area contributed by atoms with Gasteiger partial charge in [-0.05, 0) is 12.1 Å². The molecule has 0 saturated heterocycles. The van der Waals surface area contributed by atoms with Gasteiger partial charge in [-0.3, -0.25) is 0 Å². The van der Waals surface area contributed by atoms with Crippen molar-refractivity contribution in [3.8, 4) is 6.07 Å². The maximum Gasteiger partial charge on any atom is 0.433 e. The van der Waals surface area contributed by atoms with Crippen LogP contribution in [0.2, 0.25) is 0 Å². The lowest BCUT2D eigenvalue weighted by Crippen LogP contribution is -2.15. The minimum absolute atomic E-state index is 0.259. The number of pyridine rings is 1. The first-order valence-corrected chi connectivity index (χ1v) is 3.71. The Morgan fingerprint density at radius 3 is 1.56 bits per heavy atom. The van der Waals surface area contributed by atoms with Gasteiger partial charge >= 0.3 is 12.4 Å². The molecule has 8 heteroatoms. The van der Waals surface area contributed by atoms with Gasteiger partial charge in [0.25, 0.3) is 0 Å². The number of hydrogen-bond donors (Lipinski definition) is 0. The number of hydrogen-bond acceptors (Lipinski definition) is 2. The summed E-state index contributed by atoms with van der Waals surface area (Å²) in [7, 11) is 0. The SMILES string of the molecule is N#Cc1cc(C(F)(F)F)nc(C(F)(F)F)c1. The van der Waals surface area contributed by atoms with Crippen molar-refractivity contribution < 1.29 is 26.3 Å². The number of nitrogens with zero attached hydrogens (tertiary/aromatic N) is 2. The van der Waals surface area contributed by atoms with Crippen LogP contribution in [-0.2, 0) is 12.4 Å². The molecule has 1 aromatic heterocycles. The molecule has 0 atom stereocenters. The van der Waals surface area contributed by atoms with Gasteiger partial charge in [0, 0.05) is 0 Å². The van der Waals surface area contributed by atoms with Gasteiger partial charge in [0.15, 0.2) is 0 Å². The van der Waals surface area contributed by atoms with Gasteiger partial charge in [-0.15, -0.1) is 0 Å². The van der Waals surface area contributed by atoms with Crippen molar-refractivity contribution in [1.29, 1.82) is 5.26 Å². The third kappa shape index (κ3) is 2.62. The van der Waals surface area contributed by atoms with E-state index < -0.39 is 29.3 Å². The van der Waals surface area contributed by atoms with E-state index in [1.165, 1.54) is 6.07 Å². The van der Waals surface area contributed by atoms with Gasteiger partial charge in [-0.25, -0.2) is 4.98 Å². The molecule has 0 aromatic carbocycles. The number of nitriles is 1. The van der Waals surface area contributed by atoms with Crippen molar-refractivity contribution in [2.75, 3.05) is 0 Å². The Labute approximate surface area is 85.1 Å². The Kier molecular flexibility index (Phi) is 2.81. The van der Waals surface area contributed by atoms with E-state index in [1.807, 2.05) is 0 Å². The highest BCUT2D eigenvalue weighted by Gasteiger charge is 2.38. The zero-order valence-electron chi connectivity index (χ0n) is 7.32. The summed E-state index contributed by atoms with van der Waals surface area (Å²) < 4.78 is 72.8. The predicted molar refractivity (Wildman–Crippen MR) is 39.0 cm³/mol. The third-order valence-corrected chi connectivity index (χ3v) is 1.54. The fourth-order valence-corrected chi connectivity index (χ4v) is 0.886. The van der Waals surface area contributed by atoms with Crippen LogP contribution >= 0.6 is 0 Å². The minimum Gasteiger partial charge on any atom is -0.239 e. The maximum absolute atomic E-state index is 12.1.